The van der Waals surface area contributed by atoms with Crippen LogP contribution in [0.25, 0.3) is 16.7 Å². The third kappa shape index (κ3) is 9.33. The van der Waals surface area contributed by atoms with E-state index in [1.807, 2.05) is 31.2 Å². The van der Waals surface area contributed by atoms with Crippen LogP contribution in [0.1, 0.15) is 84.6 Å². The van der Waals surface area contributed by atoms with Gasteiger partial charge in [-0.15, -0.1) is 0 Å². The van der Waals surface area contributed by atoms with Gasteiger partial charge in [0.2, 0.25) is 0 Å². The maximum absolute atomic E-state index is 12.1. The first-order valence-electron chi connectivity index (χ1n) is 14.8. The molecule has 0 radical (unpaired) electrons. The molecular formula is C37H48O4. The molecule has 0 amide bonds. The van der Waals surface area contributed by atoms with Crippen LogP contribution in [-0.4, -0.2) is 31.9 Å². The molecule has 3 aromatic carbocycles. The molecule has 0 fully saturated rings. The predicted molar refractivity (Wildman–Crippen MR) is 171 cm³/mol. The number of hydrogen-bond acceptors (Lipinski definition) is 4. The summed E-state index contributed by atoms with van der Waals surface area (Å²) >= 11 is 0. The zero-order chi connectivity index (χ0) is 30.2. The summed E-state index contributed by atoms with van der Waals surface area (Å²) in [4.78, 5) is 12.1. The summed E-state index contributed by atoms with van der Waals surface area (Å²) in [6.45, 7) is 20.7. The fraction of sp³-hybridized carbons (Fsp3) is 0.432. The second kappa shape index (κ2) is 14.0. The molecule has 0 aliphatic carbocycles. The van der Waals surface area contributed by atoms with Crippen LogP contribution in [0.2, 0.25) is 0 Å². The minimum absolute atomic E-state index is 0.0874. The van der Waals surface area contributed by atoms with E-state index < -0.39 is 6.10 Å². The van der Waals surface area contributed by atoms with Crippen molar-refractivity contribution < 1.29 is 19.0 Å². The van der Waals surface area contributed by atoms with Crippen molar-refractivity contribution in [2.75, 3.05) is 19.8 Å². The number of allylic oxidation sites excluding steroid dienone is 1. The van der Waals surface area contributed by atoms with Gasteiger partial charge in [-0.2, -0.15) is 0 Å². The highest BCUT2D eigenvalue weighted by molar-refractivity contribution is 5.75. The van der Waals surface area contributed by atoms with E-state index in [1.165, 1.54) is 33.4 Å². The van der Waals surface area contributed by atoms with E-state index in [0.717, 1.165) is 11.3 Å². The zero-order valence-electron chi connectivity index (χ0n) is 26.5. The third-order valence-corrected chi connectivity index (χ3v) is 7.24. The Hall–Kier alpha value is -3.37. The molecule has 0 aliphatic rings. The van der Waals surface area contributed by atoms with Crippen LogP contribution in [0.3, 0.4) is 0 Å². The molecule has 0 aromatic heterocycles. The monoisotopic (exact) mass is 556 g/mol. The fourth-order valence-electron chi connectivity index (χ4n) is 4.55. The molecule has 0 aliphatic heterocycles. The Labute approximate surface area is 247 Å². The topological polar surface area (TPSA) is 44.8 Å². The maximum atomic E-state index is 12.1. The SMILES string of the molecule is CCOC(=O)[C@H](Cc1ccc(OC/C=C(\C)c2ccc(-c3cc(C(C)(C)C)cc(C(C)(C)C)c3)cc2)cc1)OCC. The van der Waals surface area contributed by atoms with Gasteiger partial charge < -0.3 is 14.2 Å². The summed E-state index contributed by atoms with van der Waals surface area (Å²) in [5.41, 5.74) is 8.72. The lowest BCUT2D eigenvalue weighted by Crippen LogP contribution is -2.28. The van der Waals surface area contributed by atoms with Crippen molar-refractivity contribution in [2.45, 2.75) is 85.7 Å². The normalized spacial score (nSPS) is 13.1. The highest BCUT2D eigenvalue weighted by Gasteiger charge is 2.22. The van der Waals surface area contributed by atoms with Gasteiger partial charge in [-0.1, -0.05) is 96.1 Å². The van der Waals surface area contributed by atoms with E-state index in [4.69, 9.17) is 14.2 Å². The van der Waals surface area contributed by atoms with Crippen LogP contribution in [-0.2, 0) is 31.5 Å². The Balaban J connectivity index is 1.65. The summed E-state index contributed by atoms with van der Waals surface area (Å²) in [5, 5.41) is 0. The number of benzene rings is 3. The Morgan fingerprint density at radius 3 is 1.88 bits per heavy atom. The first-order chi connectivity index (χ1) is 19.3. The molecule has 4 nitrogen and oxygen atoms in total. The van der Waals surface area contributed by atoms with Crippen LogP contribution in [0, 0.1) is 0 Å². The van der Waals surface area contributed by atoms with Gasteiger partial charge in [0.1, 0.15) is 12.4 Å². The summed E-state index contributed by atoms with van der Waals surface area (Å²) in [5.74, 6) is 0.460. The predicted octanol–water partition coefficient (Wildman–Crippen LogP) is 8.94. The van der Waals surface area contributed by atoms with Gasteiger partial charge in [0.05, 0.1) is 6.61 Å². The molecule has 4 heteroatoms. The van der Waals surface area contributed by atoms with Gasteiger partial charge in [0.25, 0.3) is 0 Å². The minimum atomic E-state index is -0.591. The van der Waals surface area contributed by atoms with Crippen molar-refractivity contribution in [1.29, 1.82) is 0 Å². The van der Waals surface area contributed by atoms with Gasteiger partial charge in [-0.25, -0.2) is 4.79 Å². The molecule has 0 saturated heterocycles. The van der Waals surface area contributed by atoms with Crippen LogP contribution >= 0.6 is 0 Å². The van der Waals surface area contributed by atoms with Crippen molar-refractivity contribution >= 4 is 11.5 Å². The largest absolute Gasteiger partial charge is 0.490 e. The first kappa shape index (κ1) is 32.1. The van der Waals surface area contributed by atoms with Crippen LogP contribution < -0.4 is 4.74 Å². The average Bonchev–Trinajstić information content (AvgIpc) is 2.92. The Morgan fingerprint density at radius 2 is 1.37 bits per heavy atom. The van der Waals surface area contributed by atoms with Gasteiger partial charge in [0, 0.05) is 13.0 Å². The van der Waals surface area contributed by atoms with Crippen molar-refractivity contribution in [1.82, 2.24) is 0 Å². The Kier molecular flexibility index (Phi) is 11.0. The molecule has 0 spiro atoms. The van der Waals surface area contributed by atoms with Crippen LogP contribution in [0.4, 0.5) is 0 Å². The number of esters is 1. The third-order valence-electron chi connectivity index (χ3n) is 7.24. The molecule has 220 valence electrons. The summed E-state index contributed by atoms with van der Waals surface area (Å²) in [7, 11) is 0. The summed E-state index contributed by atoms with van der Waals surface area (Å²) in [6.07, 6.45) is 1.99. The van der Waals surface area contributed by atoms with Gasteiger partial charge in [-0.3, -0.25) is 0 Å². The molecule has 3 rings (SSSR count). The van der Waals surface area contributed by atoms with Crippen molar-refractivity contribution in [2.24, 2.45) is 0 Å². The molecule has 0 unspecified atom stereocenters. The second-order valence-electron chi connectivity index (χ2n) is 12.6. The summed E-state index contributed by atoms with van der Waals surface area (Å²) in [6, 6.07) is 23.6. The Morgan fingerprint density at radius 1 is 0.780 bits per heavy atom. The second-order valence-corrected chi connectivity index (χ2v) is 12.6. The highest BCUT2D eigenvalue weighted by Crippen LogP contribution is 2.34. The number of carbonyl (C=O) groups excluding carboxylic acids is 1. The van der Waals surface area contributed by atoms with Crippen molar-refractivity contribution in [3.8, 4) is 16.9 Å². The minimum Gasteiger partial charge on any atom is -0.490 e. The lowest BCUT2D eigenvalue weighted by molar-refractivity contribution is -0.156. The average molecular weight is 557 g/mol. The number of ether oxygens (including phenoxy) is 3. The first-order valence-corrected chi connectivity index (χ1v) is 14.8. The van der Waals surface area contributed by atoms with E-state index in [2.05, 4.69) is 97.0 Å². The van der Waals surface area contributed by atoms with Crippen LogP contribution in [0.5, 0.6) is 5.75 Å². The van der Waals surface area contributed by atoms with Crippen LogP contribution in [0.15, 0.2) is 72.8 Å². The maximum Gasteiger partial charge on any atom is 0.335 e. The molecule has 0 bridgehead atoms. The summed E-state index contributed by atoms with van der Waals surface area (Å²) < 4.78 is 16.7. The highest BCUT2D eigenvalue weighted by atomic mass is 16.6. The lowest BCUT2D eigenvalue weighted by Gasteiger charge is -2.26. The van der Waals surface area contributed by atoms with E-state index in [-0.39, 0.29) is 16.8 Å². The molecule has 0 saturated carbocycles. The Bertz CT molecular complexity index is 1270. The number of hydrogen-bond donors (Lipinski definition) is 0. The van der Waals surface area contributed by atoms with Crippen molar-refractivity contribution in [3.05, 3.63) is 95.1 Å². The molecule has 0 N–H and O–H groups in total. The lowest BCUT2D eigenvalue weighted by atomic mass is 9.79. The standard InChI is InChI=1S/C37H48O4/c1-10-39-34(35(38)40-11-2)22-27-12-18-33(19-13-27)41-21-20-26(3)28-14-16-29(17-15-28)30-23-31(36(4,5)6)25-32(24-30)37(7,8)9/h12-20,23-25,34H,10-11,21-22H2,1-9H3/b26-20+/t34-/m0/s1. The van der Waals surface area contributed by atoms with E-state index in [1.54, 1.807) is 6.92 Å². The zero-order valence-corrected chi connectivity index (χ0v) is 26.5. The smallest absolute Gasteiger partial charge is 0.335 e. The molecule has 41 heavy (non-hydrogen) atoms. The molecule has 1 atom stereocenters. The van der Waals surface area contributed by atoms with Gasteiger partial charge in [0.15, 0.2) is 6.10 Å². The molecular weight excluding hydrogens is 508 g/mol. The van der Waals surface area contributed by atoms with E-state index in [0.29, 0.717) is 26.2 Å². The quantitative estimate of drug-likeness (QED) is 0.221. The van der Waals surface area contributed by atoms with E-state index >= 15 is 0 Å². The van der Waals surface area contributed by atoms with Crippen molar-refractivity contribution in [3.63, 3.8) is 0 Å². The fourth-order valence-corrected chi connectivity index (χ4v) is 4.55. The number of carbonyl (C=O) groups is 1. The molecule has 0 heterocycles. The van der Waals surface area contributed by atoms with Gasteiger partial charge in [-0.05, 0) is 88.8 Å². The molecule has 3 aromatic rings. The van der Waals surface area contributed by atoms with E-state index in [9.17, 15) is 4.79 Å². The van der Waals surface area contributed by atoms with Gasteiger partial charge >= 0.3 is 5.97 Å². The number of rotatable bonds is 11.